The molecule has 3 amide bonds. The van der Waals surface area contributed by atoms with Crippen LogP contribution in [0.3, 0.4) is 0 Å². The molecule has 1 aromatic heterocycles. The van der Waals surface area contributed by atoms with Crippen molar-refractivity contribution in [2.24, 2.45) is 5.73 Å². The van der Waals surface area contributed by atoms with Crippen LogP contribution < -0.4 is 11.1 Å². The van der Waals surface area contributed by atoms with Crippen LogP contribution in [0.2, 0.25) is 5.02 Å². The van der Waals surface area contributed by atoms with Gasteiger partial charge < -0.3 is 5.73 Å². The van der Waals surface area contributed by atoms with Crippen LogP contribution in [0, 0.1) is 6.92 Å². The number of hydrogen-bond donors (Lipinski definition) is 2. The maximum Gasteiger partial charge on any atom is 0.318 e. The Labute approximate surface area is 171 Å². The lowest BCUT2D eigenvalue weighted by Gasteiger charge is -2.13. The lowest BCUT2D eigenvalue weighted by molar-refractivity contribution is -0.119. The standard InChI is InChI=1S/C19H18ClN5O2S/c1-11-3-5-13(6-4-11)16-23-24-19(28-12(2)17(26)22-18(21)27)25(16)15-9-7-14(20)8-10-15/h3-10,12H,1-2H3,(H3,21,22,26,27). The van der Waals surface area contributed by atoms with Gasteiger partial charge >= 0.3 is 6.03 Å². The first-order valence-electron chi connectivity index (χ1n) is 8.40. The number of rotatable bonds is 5. The third-order valence-corrected chi connectivity index (χ3v) is 5.22. The molecule has 3 rings (SSSR count). The van der Waals surface area contributed by atoms with Crippen LogP contribution in [0.4, 0.5) is 4.79 Å². The molecule has 28 heavy (non-hydrogen) atoms. The summed E-state index contributed by atoms with van der Waals surface area (Å²) in [5.41, 5.74) is 7.84. The van der Waals surface area contributed by atoms with Crippen LogP contribution >= 0.6 is 23.4 Å². The van der Waals surface area contributed by atoms with Crippen molar-refractivity contribution in [3.05, 3.63) is 59.1 Å². The smallest absolute Gasteiger partial charge is 0.318 e. The summed E-state index contributed by atoms with van der Waals surface area (Å²) in [6.45, 7) is 3.67. The number of aromatic nitrogens is 3. The molecule has 1 atom stereocenters. The average Bonchev–Trinajstić information content (AvgIpc) is 3.06. The van der Waals surface area contributed by atoms with Gasteiger partial charge in [0.25, 0.3) is 0 Å². The Morgan fingerprint density at radius 1 is 1.11 bits per heavy atom. The quantitative estimate of drug-likeness (QED) is 0.620. The van der Waals surface area contributed by atoms with Crippen LogP contribution in [-0.2, 0) is 4.79 Å². The Kier molecular flexibility index (Phi) is 6.01. The predicted octanol–water partition coefficient (Wildman–Crippen LogP) is 3.57. The molecule has 0 aliphatic heterocycles. The number of amides is 3. The van der Waals surface area contributed by atoms with Gasteiger partial charge in [-0.25, -0.2) is 4.79 Å². The SMILES string of the molecule is Cc1ccc(-c2nnc(SC(C)C(=O)NC(N)=O)n2-c2ccc(Cl)cc2)cc1. The molecule has 0 fully saturated rings. The van der Waals surface area contributed by atoms with Crippen molar-refractivity contribution in [1.82, 2.24) is 20.1 Å². The van der Waals surface area contributed by atoms with Crippen molar-refractivity contribution in [2.45, 2.75) is 24.3 Å². The molecule has 0 aliphatic rings. The number of carbonyl (C=O) groups is 2. The first-order chi connectivity index (χ1) is 13.3. The van der Waals surface area contributed by atoms with Crippen molar-refractivity contribution in [3.8, 4) is 17.1 Å². The van der Waals surface area contributed by atoms with Gasteiger partial charge in [-0.3, -0.25) is 14.7 Å². The number of imide groups is 1. The second-order valence-corrected chi connectivity index (χ2v) is 7.84. The molecule has 144 valence electrons. The largest absolute Gasteiger partial charge is 0.351 e. The number of nitrogens with two attached hydrogens (primary N) is 1. The van der Waals surface area contributed by atoms with Crippen molar-refractivity contribution in [2.75, 3.05) is 0 Å². The Bertz CT molecular complexity index is 1000. The maximum atomic E-state index is 12.1. The van der Waals surface area contributed by atoms with Crippen molar-refractivity contribution < 1.29 is 9.59 Å². The highest BCUT2D eigenvalue weighted by molar-refractivity contribution is 8.00. The summed E-state index contributed by atoms with van der Waals surface area (Å²) < 4.78 is 1.85. The highest BCUT2D eigenvalue weighted by Gasteiger charge is 2.22. The average molecular weight is 416 g/mol. The minimum atomic E-state index is -0.892. The van der Waals surface area contributed by atoms with E-state index in [2.05, 4.69) is 15.5 Å². The lowest BCUT2D eigenvalue weighted by atomic mass is 10.1. The van der Waals surface area contributed by atoms with Gasteiger partial charge in [-0.05, 0) is 38.1 Å². The Balaban J connectivity index is 2.02. The van der Waals surface area contributed by atoms with Gasteiger partial charge in [0.05, 0.1) is 5.25 Å². The number of thioether (sulfide) groups is 1. The predicted molar refractivity (Wildman–Crippen MR) is 110 cm³/mol. The molecule has 0 aliphatic carbocycles. The van der Waals surface area contributed by atoms with E-state index in [-0.39, 0.29) is 0 Å². The fourth-order valence-corrected chi connectivity index (χ4v) is 3.49. The lowest BCUT2D eigenvalue weighted by Crippen LogP contribution is -2.39. The minimum absolute atomic E-state index is 0.500. The molecule has 0 saturated heterocycles. The van der Waals surface area contributed by atoms with Crippen LogP contribution in [0.1, 0.15) is 12.5 Å². The molecule has 1 unspecified atom stereocenters. The van der Waals surface area contributed by atoms with Crippen LogP contribution in [0.5, 0.6) is 0 Å². The number of carbonyl (C=O) groups excluding carboxylic acids is 2. The molecule has 1 heterocycles. The fraction of sp³-hybridized carbons (Fsp3) is 0.158. The number of halogens is 1. The van der Waals surface area contributed by atoms with Gasteiger partial charge in [0.2, 0.25) is 5.91 Å². The molecule has 2 aromatic carbocycles. The second-order valence-electron chi connectivity index (χ2n) is 6.10. The highest BCUT2D eigenvalue weighted by Crippen LogP contribution is 2.30. The molecule has 0 radical (unpaired) electrons. The zero-order chi connectivity index (χ0) is 20.3. The third-order valence-electron chi connectivity index (χ3n) is 3.93. The van der Waals surface area contributed by atoms with E-state index in [0.717, 1.165) is 16.8 Å². The summed E-state index contributed by atoms with van der Waals surface area (Å²) in [7, 11) is 0. The molecule has 0 saturated carbocycles. The number of urea groups is 1. The van der Waals surface area contributed by atoms with Crippen LogP contribution in [0.25, 0.3) is 17.1 Å². The third kappa shape index (κ3) is 4.52. The van der Waals surface area contributed by atoms with E-state index in [9.17, 15) is 9.59 Å². The van der Waals surface area contributed by atoms with Crippen molar-refractivity contribution >= 4 is 35.3 Å². The fourth-order valence-electron chi connectivity index (χ4n) is 2.49. The number of nitrogens with zero attached hydrogens (tertiary/aromatic N) is 3. The van der Waals surface area contributed by atoms with Gasteiger partial charge in [0.1, 0.15) is 0 Å². The number of aryl methyl sites for hydroxylation is 1. The monoisotopic (exact) mass is 415 g/mol. The Morgan fingerprint density at radius 2 is 1.75 bits per heavy atom. The van der Waals surface area contributed by atoms with E-state index in [4.69, 9.17) is 17.3 Å². The van der Waals surface area contributed by atoms with Crippen LogP contribution in [0.15, 0.2) is 53.7 Å². The summed E-state index contributed by atoms with van der Waals surface area (Å²) in [5, 5.41) is 11.2. The molecule has 0 bridgehead atoms. The van der Waals surface area contributed by atoms with Gasteiger partial charge in [0, 0.05) is 16.3 Å². The van der Waals surface area contributed by atoms with E-state index in [1.165, 1.54) is 11.8 Å². The van der Waals surface area contributed by atoms with E-state index < -0.39 is 17.2 Å². The molecule has 3 aromatic rings. The molecule has 7 nitrogen and oxygen atoms in total. The number of hydrogen-bond acceptors (Lipinski definition) is 5. The van der Waals surface area contributed by atoms with E-state index in [1.54, 1.807) is 19.1 Å². The highest BCUT2D eigenvalue weighted by atomic mass is 35.5. The first-order valence-corrected chi connectivity index (χ1v) is 9.66. The first kappa shape index (κ1) is 19.9. The zero-order valence-electron chi connectivity index (χ0n) is 15.2. The van der Waals surface area contributed by atoms with Crippen molar-refractivity contribution in [3.63, 3.8) is 0 Å². The summed E-state index contributed by atoms with van der Waals surface area (Å²) >= 11 is 7.19. The summed E-state index contributed by atoms with van der Waals surface area (Å²) in [6.07, 6.45) is 0. The molecule has 3 N–H and O–H groups in total. The molecule has 0 spiro atoms. The van der Waals surface area contributed by atoms with Gasteiger partial charge in [-0.1, -0.05) is 53.2 Å². The number of benzene rings is 2. The molecular formula is C19H18ClN5O2S. The number of nitrogens with one attached hydrogen (secondary N) is 1. The maximum absolute atomic E-state index is 12.1. The number of primary amides is 1. The van der Waals surface area contributed by atoms with Crippen LogP contribution in [-0.4, -0.2) is 32.0 Å². The molecule has 9 heteroatoms. The minimum Gasteiger partial charge on any atom is -0.351 e. The Hall–Kier alpha value is -2.84. The zero-order valence-corrected chi connectivity index (χ0v) is 16.8. The Morgan fingerprint density at radius 3 is 2.36 bits per heavy atom. The van der Waals surface area contributed by atoms with Gasteiger partial charge in [-0.2, -0.15) is 0 Å². The summed E-state index contributed by atoms with van der Waals surface area (Å²) in [6, 6.07) is 14.3. The van der Waals surface area contributed by atoms with Crippen molar-refractivity contribution in [1.29, 1.82) is 0 Å². The molecular weight excluding hydrogens is 398 g/mol. The van der Waals surface area contributed by atoms with E-state index >= 15 is 0 Å². The van der Waals surface area contributed by atoms with Gasteiger partial charge in [-0.15, -0.1) is 10.2 Å². The normalized spacial score (nSPS) is 11.8. The topological polar surface area (TPSA) is 103 Å². The summed E-state index contributed by atoms with van der Waals surface area (Å²) in [5.74, 6) is 0.132. The van der Waals surface area contributed by atoms with E-state index in [1.807, 2.05) is 47.9 Å². The second kappa shape index (κ2) is 8.45. The van der Waals surface area contributed by atoms with Gasteiger partial charge in [0.15, 0.2) is 11.0 Å². The van der Waals surface area contributed by atoms with E-state index in [0.29, 0.717) is 16.0 Å². The summed E-state index contributed by atoms with van der Waals surface area (Å²) in [4.78, 5) is 23.0.